The minimum absolute atomic E-state index is 0.235. The third-order valence-electron chi connectivity index (χ3n) is 5.03. The smallest absolute Gasteiger partial charge is 0.0952 e. The predicted octanol–water partition coefficient (Wildman–Crippen LogP) is 4.28. The fraction of sp³-hybridized carbons (Fsp3) is 0.400. The maximum Gasteiger partial charge on any atom is 0.0952 e. The highest BCUT2D eigenvalue weighted by Gasteiger charge is 2.31. The molecule has 0 radical (unpaired) electrons. The predicted molar refractivity (Wildman–Crippen MR) is 89.8 cm³/mol. The molecule has 2 aromatic carbocycles. The summed E-state index contributed by atoms with van der Waals surface area (Å²) in [6.45, 7) is 3.19. The van der Waals surface area contributed by atoms with Gasteiger partial charge in [-0.3, -0.25) is 4.90 Å². The summed E-state index contributed by atoms with van der Waals surface area (Å²) in [5.74, 6) is 0. The van der Waals surface area contributed by atoms with Gasteiger partial charge in [0.25, 0.3) is 0 Å². The second kappa shape index (κ2) is 6.23. The van der Waals surface area contributed by atoms with Gasteiger partial charge in [-0.05, 0) is 36.1 Å². The van der Waals surface area contributed by atoms with Gasteiger partial charge in [-0.25, -0.2) is 0 Å². The standard InChI is InChI=1S/C20H23NO/c1-2-6-16(7-3-1)17-9-11-18(12-10-17)20-14-21-13-5-4-8-19(21)15-22-20/h1-3,6-7,9-12,19-20H,4-5,8,13-15H2. The highest BCUT2D eigenvalue weighted by atomic mass is 16.5. The van der Waals surface area contributed by atoms with Gasteiger partial charge in [0.2, 0.25) is 0 Å². The molecule has 2 aliphatic heterocycles. The second-order valence-electron chi connectivity index (χ2n) is 6.45. The van der Waals surface area contributed by atoms with Crippen molar-refractivity contribution < 1.29 is 4.74 Å². The summed E-state index contributed by atoms with van der Waals surface area (Å²) >= 11 is 0. The van der Waals surface area contributed by atoms with E-state index in [-0.39, 0.29) is 6.10 Å². The normalized spacial score (nSPS) is 25.6. The van der Waals surface area contributed by atoms with Gasteiger partial charge in [0.1, 0.15) is 0 Å². The molecule has 0 amide bonds. The average molecular weight is 293 g/mol. The molecule has 2 atom stereocenters. The zero-order chi connectivity index (χ0) is 14.8. The van der Waals surface area contributed by atoms with E-state index in [0.717, 1.165) is 13.2 Å². The first-order chi connectivity index (χ1) is 10.9. The summed E-state index contributed by atoms with van der Waals surface area (Å²) in [5, 5.41) is 0. The summed E-state index contributed by atoms with van der Waals surface area (Å²) in [7, 11) is 0. The van der Waals surface area contributed by atoms with Gasteiger partial charge < -0.3 is 4.74 Å². The van der Waals surface area contributed by atoms with E-state index in [9.17, 15) is 0 Å². The molecule has 2 unspecified atom stereocenters. The Balaban J connectivity index is 1.49. The van der Waals surface area contributed by atoms with E-state index in [0.29, 0.717) is 6.04 Å². The lowest BCUT2D eigenvalue weighted by Crippen LogP contribution is -2.48. The van der Waals surface area contributed by atoms with Gasteiger partial charge >= 0.3 is 0 Å². The molecule has 0 N–H and O–H groups in total. The zero-order valence-corrected chi connectivity index (χ0v) is 12.9. The summed E-state index contributed by atoms with van der Waals surface area (Å²) in [6.07, 6.45) is 4.25. The number of morpholine rings is 1. The molecule has 0 bridgehead atoms. The lowest BCUT2D eigenvalue weighted by molar-refractivity contribution is -0.0766. The van der Waals surface area contributed by atoms with Crippen molar-refractivity contribution in [3.63, 3.8) is 0 Å². The van der Waals surface area contributed by atoms with Crippen LogP contribution in [0.4, 0.5) is 0 Å². The number of nitrogens with zero attached hydrogens (tertiary/aromatic N) is 1. The highest BCUT2D eigenvalue weighted by Crippen LogP contribution is 2.30. The van der Waals surface area contributed by atoms with Gasteiger partial charge in [0, 0.05) is 12.6 Å². The molecule has 2 heterocycles. The first kappa shape index (κ1) is 14.0. The Morgan fingerprint density at radius 2 is 1.64 bits per heavy atom. The number of rotatable bonds is 2. The Bertz CT molecular complexity index is 607. The molecule has 2 heteroatoms. The van der Waals surface area contributed by atoms with Crippen molar-refractivity contribution in [3.05, 3.63) is 60.2 Å². The van der Waals surface area contributed by atoms with Crippen molar-refractivity contribution in [1.82, 2.24) is 4.90 Å². The van der Waals surface area contributed by atoms with Crippen LogP contribution in [-0.4, -0.2) is 30.6 Å². The number of benzene rings is 2. The van der Waals surface area contributed by atoms with E-state index in [2.05, 4.69) is 59.5 Å². The third-order valence-corrected chi connectivity index (χ3v) is 5.03. The average Bonchev–Trinajstić information content (AvgIpc) is 2.62. The fourth-order valence-electron chi connectivity index (χ4n) is 3.70. The summed E-state index contributed by atoms with van der Waals surface area (Å²) in [6, 6.07) is 20.1. The summed E-state index contributed by atoms with van der Waals surface area (Å²) < 4.78 is 6.14. The molecule has 4 rings (SSSR count). The molecule has 2 nitrogen and oxygen atoms in total. The molecule has 2 aromatic rings. The van der Waals surface area contributed by atoms with E-state index in [1.165, 1.54) is 42.5 Å². The van der Waals surface area contributed by atoms with Gasteiger partial charge in [-0.2, -0.15) is 0 Å². The van der Waals surface area contributed by atoms with Crippen LogP contribution in [-0.2, 0) is 4.74 Å². The summed E-state index contributed by atoms with van der Waals surface area (Å²) in [4.78, 5) is 2.63. The maximum atomic E-state index is 6.14. The third kappa shape index (κ3) is 2.81. The molecule has 2 saturated heterocycles. The minimum Gasteiger partial charge on any atom is -0.371 e. The van der Waals surface area contributed by atoms with Gasteiger partial charge in [0.05, 0.1) is 12.7 Å². The topological polar surface area (TPSA) is 12.5 Å². The number of ether oxygens (including phenoxy) is 1. The molecule has 114 valence electrons. The Morgan fingerprint density at radius 1 is 0.864 bits per heavy atom. The lowest BCUT2D eigenvalue weighted by atomic mass is 9.97. The number of hydrogen-bond donors (Lipinski definition) is 0. The van der Waals surface area contributed by atoms with Crippen LogP contribution in [0.25, 0.3) is 11.1 Å². The molecular formula is C20H23NO. The van der Waals surface area contributed by atoms with Crippen LogP contribution in [0.15, 0.2) is 54.6 Å². The number of piperidine rings is 1. The Labute approximate surface area is 132 Å². The van der Waals surface area contributed by atoms with E-state index < -0.39 is 0 Å². The first-order valence-corrected chi connectivity index (χ1v) is 8.41. The summed E-state index contributed by atoms with van der Waals surface area (Å²) in [5.41, 5.74) is 3.86. The van der Waals surface area contributed by atoms with Crippen molar-refractivity contribution in [2.75, 3.05) is 19.7 Å². The van der Waals surface area contributed by atoms with Gasteiger partial charge in [0.15, 0.2) is 0 Å². The molecule has 0 saturated carbocycles. The van der Waals surface area contributed by atoms with E-state index in [1.807, 2.05) is 0 Å². The first-order valence-electron chi connectivity index (χ1n) is 8.41. The molecule has 22 heavy (non-hydrogen) atoms. The van der Waals surface area contributed by atoms with E-state index in [1.54, 1.807) is 0 Å². The van der Waals surface area contributed by atoms with Gasteiger partial charge in [-0.15, -0.1) is 0 Å². The van der Waals surface area contributed by atoms with Crippen molar-refractivity contribution in [1.29, 1.82) is 0 Å². The monoisotopic (exact) mass is 293 g/mol. The molecule has 0 aliphatic carbocycles. The lowest BCUT2D eigenvalue weighted by Gasteiger charge is -2.42. The molecular weight excluding hydrogens is 270 g/mol. The van der Waals surface area contributed by atoms with Crippen LogP contribution in [0.2, 0.25) is 0 Å². The minimum atomic E-state index is 0.235. The van der Waals surface area contributed by atoms with Crippen LogP contribution in [0.3, 0.4) is 0 Å². The van der Waals surface area contributed by atoms with E-state index in [4.69, 9.17) is 4.74 Å². The Hall–Kier alpha value is -1.64. The zero-order valence-electron chi connectivity index (χ0n) is 12.9. The Kier molecular flexibility index (Phi) is 3.96. The van der Waals surface area contributed by atoms with Crippen molar-refractivity contribution in [2.45, 2.75) is 31.4 Å². The Morgan fingerprint density at radius 3 is 2.45 bits per heavy atom. The molecule has 0 aromatic heterocycles. The van der Waals surface area contributed by atoms with Gasteiger partial charge in [-0.1, -0.05) is 61.0 Å². The SMILES string of the molecule is c1ccc(-c2ccc(C3CN4CCCCC4CO3)cc2)cc1. The second-order valence-corrected chi connectivity index (χ2v) is 6.45. The van der Waals surface area contributed by atoms with Crippen molar-refractivity contribution in [2.24, 2.45) is 0 Å². The maximum absolute atomic E-state index is 6.14. The molecule has 0 spiro atoms. The van der Waals surface area contributed by atoms with Crippen molar-refractivity contribution in [3.8, 4) is 11.1 Å². The quantitative estimate of drug-likeness (QED) is 0.819. The van der Waals surface area contributed by atoms with Crippen LogP contribution >= 0.6 is 0 Å². The largest absolute Gasteiger partial charge is 0.371 e. The van der Waals surface area contributed by atoms with Crippen LogP contribution in [0.1, 0.15) is 30.9 Å². The molecule has 2 aliphatic rings. The van der Waals surface area contributed by atoms with Crippen LogP contribution < -0.4 is 0 Å². The molecule has 2 fully saturated rings. The fourth-order valence-corrected chi connectivity index (χ4v) is 3.70. The van der Waals surface area contributed by atoms with Crippen LogP contribution in [0, 0.1) is 0 Å². The number of hydrogen-bond acceptors (Lipinski definition) is 2. The van der Waals surface area contributed by atoms with Crippen molar-refractivity contribution >= 4 is 0 Å². The number of fused-ring (bicyclic) bond motifs is 1. The van der Waals surface area contributed by atoms with E-state index >= 15 is 0 Å². The highest BCUT2D eigenvalue weighted by molar-refractivity contribution is 5.63. The van der Waals surface area contributed by atoms with Crippen LogP contribution in [0.5, 0.6) is 0 Å².